The van der Waals surface area contributed by atoms with Crippen molar-refractivity contribution in [2.45, 2.75) is 81.3 Å². The van der Waals surface area contributed by atoms with Crippen LogP contribution in [0, 0.1) is 29.3 Å². The van der Waals surface area contributed by atoms with Gasteiger partial charge in [-0.1, -0.05) is 36.1 Å². The number of amides is 2. The Bertz CT molecular complexity index is 1920. The SMILES string of the molecule is COc1cc(CN(C(=O)[C@@H]2N(C(=O)C[C@@H](O)CC(=O)O)C[C@@H]3C#CC[C@]2(c2ccc(CCCOc4c(F)ccc(F)c4F)cc2)N3)C2CC2)cc(OC)c1. The minimum Gasteiger partial charge on any atom is -0.497 e. The summed E-state index contributed by atoms with van der Waals surface area (Å²) in [5.41, 5.74) is 1.13. The van der Waals surface area contributed by atoms with Crippen LogP contribution in [0.5, 0.6) is 17.2 Å². The predicted octanol–water partition coefficient (Wildman–Crippen LogP) is 4.32. The van der Waals surface area contributed by atoms with Crippen LogP contribution in [0.25, 0.3) is 0 Å². The van der Waals surface area contributed by atoms with Crippen LogP contribution < -0.4 is 19.5 Å². The first kappa shape index (κ1) is 38.5. The molecule has 3 aromatic carbocycles. The summed E-state index contributed by atoms with van der Waals surface area (Å²) in [6.07, 6.45) is -0.0550. The van der Waals surface area contributed by atoms with E-state index in [9.17, 15) is 33.0 Å². The fourth-order valence-corrected chi connectivity index (χ4v) is 7.22. The molecule has 3 aliphatic rings. The number of nitrogens with zero attached hydrogens (tertiary/aromatic N) is 2. The second kappa shape index (κ2) is 16.4. The van der Waals surface area contributed by atoms with Crippen LogP contribution in [-0.2, 0) is 32.9 Å². The fraction of sp³-hybridized carbons (Fsp3) is 0.425. The molecule has 286 valence electrons. The molecule has 11 nitrogen and oxygen atoms in total. The van der Waals surface area contributed by atoms with Gasteiger partial charge in [-0.05, 0) is 66.6 Å². The number of aliphatic hydroxyl groups excluding tert-OH is 1. The molecule has 0 unspecified atom stereocenters. The molecule has 6 rings (SSSR count). The molecule has 0 radical (unpaired) electrons. The third-order valence-electron chi connectivity index (χ3n) is 9.97. The summed E-state index contributed by atoms with van der Waals surface area (Å²) in [6.45, 7) is 0.173. The predicted molar refractivity (Wildman–Crippen MR) is 189 cm³/mol. The number of rotatable bonds is 16. The van der Waals surface area contributed by atoms with Gasteiger partial charge in [0.2, 0.25) is 17.6 Å². The van der Waals surface area contributed by atoms with Crippen LogP contribution in [0.4, 0.5) is 13.2 Å². The first-order chi connectivity index (χ1) is 25.9. The van der Waals surface area contributed by atoms with Crippen molar-refractivity contribution in [3.8, 4) is 29.1 Å². The Hall–Kier alpha value is -5.26. The summed E-state index contributed by atoms with van der Waals surface area (Å²) in [6, 6.07) is 12.6. The number of carboxylic acid groups (broad SMARTS) is 1. The molecule has 0 aromatic heterocycles. The Balaban J connectivity index is 1.30. The van der Waals surface area contributed by atoms with Gasteiger partial charge in [0.15, 0.2) is 17.4 Å². The lowest BCUT2D eigenvalue weighted by Gasteiger charge is -2.53. The summed E-state index contributed by atoms with van der Waals surface area (Å²) in [5.74, 6) is 0.925. The molecule has 1 saturated carbocycles. The van der Waals surface area contributed by atoms with E-state index in [2.05, 4.69) is 17.2 Å². The van der Waals surface area contributed by atoms with Gasteiger partial charge in [-0.2, -0.15) is 4.39 Å². The number of nitrogens with one attached hydrogen (secondary N) is 1. The van der Waals surface area contributed by atoms with Gasteiger partial charge >= 0.3 is 5.97 Å². The van der Waals surface area contributed by atoms with E-state index >= 15 is 4.79 Å². The van der Waals surface area contributed by atoms with Crippen molar-refractivity contribution in [3.05, 3.63) is 88.7 Å². The number of aliphatic hydroxyl groups is 1. The lowest BCUT2D eigenvalue weighted by molar-refractivity contribution is -0.156. The fourth-order valence-electron chi connectivity index (χ4n) is 7.22. The van der Waals surface area contributed by atoms with Crippen LogP contribution in [0.3, 0.4) is 0 Å². The van der Waals surface area contributed by atoms with Gasteiger partial charge in [-0.3, -0.25) is 19.7 Å². The number of hydrogen-bond donors (Lipinski definition) is 3. The van der Waals surface area contributed by atoms with Crippen molar-refractivity contribution in [2.75, 3.05) is 27.4 Å². The van der Waals surface area contributed by atoms with Crippen LogP contribution in [0.1, 0.15) is 55.2 Å². The standard InChI is InChI=1S/C40H42F3N3O8/c1-52-30-17-25(18-31(21-30)53-2)22-45(28-11-12-28)39(51)38-40(15-3-6-27(44-40)23-46(38)34(48)19-29(47)20-35(49)50)26-9-7-24(8-10-26)5-4-16-54-37-33(42)14-13-32(41)36(37)43/h7-10,13-14,17-18,21,27-29,38,44,47H,4-5,11-12,15-16,19-20,22-23H2,1-2H3,(H,49,50)/t27-,29+,38-,40+/m0/s1. The zero-order chi connectivity index (χ0) is 38.6. The van der Waals surface area contributed by atoms with Crippen LogP contribution >= 0.6 is 0 Å². The number of benzene rings is 3. The highest BCUT2D eigenvalue weighted by Gasteiger charge is 2.56. The molecule has 1 aliphatic carbocycles. The number of ether oxygens (including phenoxy) is 3. The molecule has 54 heavy (non-hydrogen) atoms. The number of aryl methyl sites for hydroxylation is 1. The van der Waals surface area contributed by atoms with Crippen molar-refractivity contribution in [3.63, 3.8) is 0 Å². The first-order valence-electron chi connectivity index (χ1n) is 17.8. The molecule has 3 aromatic rings. The number of methoxy groups -OCH3 is 2. The third kappa shape index (κ3) is 8.42. The minimum absolute atomic E-state index is 0.0415. The maximum Gasteiger partial charge on any atom is 0.305 e. The van der Waals surface area contributed by atoms with E-state index in [4.69, 9.17) is 14.2 Å². The maximum absolute atomic E-state index is 15.1. The highest BCUT2D eigenvalue weighted by molar-refractivity contribution is 5.91. The van der Waals surface area contributed by atoms with Crippen molar-refractivity contribution in [2.24, 2.45) is 0 Å². The summed E-state index contributed by atoms with van der Waals surface area (Å²) >= 11 is 0. The normalized spacial score (nSPS) is 20.7. The minimum atomic E-state index is -1.46. The van der Waals surface area contributed by atoms with Crippen molar-refractivity contribution < 1.29 is 52.0 Å². The Morgan fingerprint density at radius 2 is 1.67 bits per heavy atom. The molecule has 4 atom stereocenters. The number of hydrogen-bond acceptors (Lipinski definition) is 8. The Kier molecular flexibility index (Phi) is 11.7. The molecule has 1 saturated heterocycles. The number of fused-ring (bicyclic) bond motifs is 2. The molecule has 14 heteroatoms. The van der Waals surface area contributed by atoms with E-state index in [0.29, 0.717) is 36.0 Å². The molecule has 0 spiro atoms. The molecule has 2 bridgehead atoms. The largest absolute Gasteiger partial charge is 0.497 e. The van der Waals surface area contributed by atoms with Gasteiger partial charge in [0.1, 0.15) is 17.5 Å². The van der Waals surface area contributed by atoms with E-state index in [1.54, 1.807) is 11.0 Å². The molecule has 3 N–H and O–H groups in total. The van der Waals surface area contributed by atoms with E-state index in [-0.39, 0.29) is 38.1 Å². The van der Waals surface area contributed by atoms with E-state index in [1.807, 2.05) is 36.4 Å². The zero-order valence-corrected chi connectivity index (χ0v) is 29.9. The van der Waals surface area contributed by atoms with Gasteiger partial charge < -0.3 is 34.2 Å². The molecule has 2 heterocycles. The zero-order valence-electron chi connectivity index (χ0n) is 29.9. The molecule has 2 amide bonds. The second-order valence-corrected chi connectivity index (χ2v) is 13.8. The quantitative estimate of drug-likeness (QED) is 0.111. The van der Waals surface area contributed by atoms with Gasteiger partial charge in [0.25, 0.3) is 0 Å². The van der Waals surface area contributed by atoms with E-state index in [0.717, 1.165) is 30.0 Å². The van der Waals surface area contributed by atoms with Crippen molar-refractivity contribution in [1.29, 1.82) is 0 Å². The summed E-state index contributed by atoms with van der Waals surface area (Å²) < 4.78 is 57.8. The topological polar surface area (TPSA) is 138 Å². The van der Waals surface area contributed by atoms with Crippen LogP contribution in [0.15, 0.2) is 54.6 Å². The Morgan fingerprint density at radius 1 is 0.981 bits per heavy atom. The van der Waals surface area contributed by atoms with Crippen LogP contribution in [-0.4, -0.2) is 89.4 Å². The molecular formula is C40H42F3N3O8. The van der Waals surface area contributed by atoms with E-state index in [1.165, 1.54) is 19.1 Å². The maximum atomic E-state index is 15.1. The Morgan fingerprint density at radius 3 is 2.31 bits per heavy atom. The van der Waals surface area contributed by atoms with Crippen molar-refractivity contribution in [1.82, 2.24) is 15.1 Å². The Labute approximate surface area is 311 Å². The highest BCUT2D eigenvalue weighted by atomic mass is 19.2. The lowest BCUT2D eigenvalue weighted by atomic mass is 9.73. The molecule has 2 aliphatic heterocycles. The number of aliphatic carboxylic acids is 1. The number of carbonyl (C=O) groups excluding carboxylic acids is 2. The highest BCUT2D eigenvalue weighted by Crippen LogP contribution is 2.41. The van der Waals surface area contributed by atoms with Gasteiger partial charge in [-0.25, -0.2) is 8.78 Å². The van der Waals surface area contributed by atoms with Gasteiger partial charge in [0.05, 0.1) is 51.4 Å². The number of piperazine rings is 1. The third-order valence-corrected chi connectivity index (χ3v) is 9.97. The second-order valence-electron chi connectivity index (χ2n) is 13.8. The van der Waals surface area contributed by atoms with Gasteiger partial charge in [-0.15, -0.1) is 0 Å². The number of carbonyl (C=O) groups is 3. The van der Waals surface area contributed by atoms with Crippen molar-refractivity contribution >= 4 is 17.8 Å². The average molecular weight is 750 g/mol. The number of halogens is 3. The smallest absolute Gasteiger partial charge is 0.305 e. The van der Waals surface area contributed by atoms with E-state index < -0.39 is 71.6 Å². The lowest BCUT2D eigenvalue weighted by Crippen LogP contribution is -2.73. The monoisotopic (exact) mass is 749 g/mol. The molecular weight excluding hydrogens is 707 g/mol. The summed E-state index contributed by atoms with van der Waals surface area (Å²) in [7, 11) is 3.08. The van der Waals surface area contributed by atoms with Gasteiger partial charge in [0, 0.05) is 31.6 Å². The molecule has 2 fully saturated rings. The summed E-state index contributed by atoms with van der Waals surface area (Å²) in [5, 5.41) is 23.3. The van der Waals surface area contributed by atoms with Crippen LogP contribution in [0.2, 0.25) is 0 Å². The first-order valence-corrected chi connectivity index (χ1v) is 17.8. The summed E-state index contributed by atoms with van der Waals surface area (Å²) in [4.78, 5) is 43.7. The average Bonchev–Trinajstić information content (AvgIpc) is 4.00. The number of carboxylic acids is 1.